The van der Waals surface area contributed by atoms with Crippen molar-refractivity contribution in [3.63, 3.8) is 0 Å². The van der Waals surface area contributed by atoms with Crippen LogP contribution in [0.15, 0.2) is 47.4 Å². The molecule has 3 rings (SSSR count). The van der Waals surface area contributed by atoms with E-state index >= 15 is 0 Å². The number of benzene rings is 2. The summed E-state index contributed by atoms with van der Waals surface area (Å²) in [5, 5.41) is 21.0. The Morgan fingerprint density at radius 3 is 2.70 bits per heavy atom. The Kier molecular flexibility index (Phi) is 6.48. The topological polar surface area (TPSA) is 107 Å². The lowest BCUT2D eigenvalue weighted by molar-refractivity contribution is -0.122. The fourth-order valence-electron chi connectivity index (χ4n) is 2.68. The van der Waals surface area contributed by atoms with Gasteiger partial charge in [-0.25, -0.2) is 9.18 Å². The van der Waals surface area contributed by atoms with Crippen LogP contribution in [0.25, 0.3) is 6.08 Å². The van der Waals surface area contributed by atoms with Crippen molar-refractivity contribution in [1.82, 2.24) is 4.90 Å². The monoisotopic (exact) mass is 446 g/mol. The van der Waals surface area contributed by atoms with Gasteiger partial charge in [0.2, 0.25) is 5.91 Å². The molecule has 10 heteroatoms. The lowest BCUT2D eigenvalue weighted by atomic mass is 10.1. The molecule has 1 aliphatic heterocycles. The first-order valence-corrected chi connectivity index (χ1v) is 9.84. The number of carbonyl (C=O) groups is 3. The number of carbonyl (C=O) groups excluding carboxylic acids is 2. The molecule has 2 aromatic carbocycles. The van der Waals surface area contributed by atoms with Gasteiger partial charge in [-0.3, -0.25) is 14.5 Å². The third-order valence-corrected chi connectivity index (χ3v) is 5.47. The van der Waals surface area contributed by atoms with Gasteiger partial charge in [-0.1, -0.05) is 36.1 Å². The van der Waals surface area contributed by atoms with Gasteiger partial charge in [-0.15, -0.1) is 0 Å². The highest BCUT2D eigenvalue weighted by molar-refractivity contribution is 8.26. The zero-order chi connectivity index (χ0) is 21.8. The maximum absolute atomic E-state index is 13.3. The van der Waals surface area contributed by atoms with Crippen molar-refractivity contribution in [3.8, 4) is 5.75 Å². The zero-order valence-electron chi connectivity index (χ0n) is 15.3. The van der Waals surface area contributed by atoms with Gasteiger partial charge in [0.15, 0.2) is 0 Å². The minimum atomic E-state index is -1.30. The summed E-state index contributed by atoms with van der Waals surface area (Å²) in [6.07, 6.45) is 1.40. The molecule has 30 heavy (non-hydrogen) atoms. The van der Waals surface area contributed by atoms with Crippen LogP contribution < -0.4 is 5.32 Å². The number of aromatic hydroxyl groups is 1. The van der Waals surface area contributed by atoms with Crippen LogP contribution in [0, 0.1) is 5.82 Å². The van der Waals surface area contributed by atoms with Gasteiger partial charge in [0.05, 0.1) is 16.2 Å². The normalized spacial score (nSPS) is 15.0. The number of thiocarbonyl (C=S) groups is 1. The number of anilines is 1. The minimum absolute atomic E-state index is 0.00250. The molecule has 1 fully saturated rings. The fourth-order valence-corrected chi connectivity index (χ4v) is 3.99. The van der Waals surface area contributed by atoms with Crippen molar-refractivity contribution in [1.29, 1.82) is 0 Å². The summed E-state index contributed by atoms with van der Waals surface area (Å²) >= 11 is 6.26. The van der Waals surface area contributed by atoms with Gasteiger partial charge < -0.3 is 15.5 Å². The number of phenols is 1. The number of nitrogens with one attached hydrogen (secondary N) is 1. The lowest BCUT2D eigenvalue weighted by Gasteiger charge is -2.14. The van der Waals surface area contributed by atoms with Crippen LogP contribution in [-0.2, 0) is 9.59 Å². The van der Waals surface area contributed by atoms with E-state index in [-0.39, 0.29) is 34.3 Å². The molecule has 0 aliphatic carbocycles. The predicted octanol–water partition coefficient (Wildman–Crippen LogP) is 3.46. The lowest BCUT2D eigenvalue weighted by Crippen LogP contribution is -2.31. The number of thioether (sulfide) groups is 1. The first-order valence-electron chi connectivity index (χ1n) is 8.61. The Labute approximate surface area is 180 Å². The first kappa shape index (κ1) is 21.5. The van der Waals surface area contributed by atoms with Crippen molar-refractivity contribution in [3.05, 3.63) is 64.3 Å². The molecule has 1 aliphatic rings. The predicted molar refractivity (Wildman–Crippen MR) is 115 cm³/mol. The molecule has 0 spiro atoms. The highest BCUT2D eigenvalue weighted by Gasteiger charge is 2.32. The van der Waals surface area contributed by atoms with Crippen LogP contribution in [-0.4, -0.2) is 43.8 Å². The quantitative estimate of drug-likeness (QED) is 0.354. The smallest absolute Gasteiger partial charge is 0.337 e. The Hall–Kier alpha value is -3.24. The van der Waals surface area contributed by atoms with Gasteiger partial charge >= 0.3 is 5.97 Å². The van der Waals surface area contributed by atoms with Crippen LogP contribution in [0.3, 0.4) is 0 Å². The average Bonchev–Trinajstić information content (AvgIpc) is 2.94. The van der Waals surface area contributed by atoms with E-state index in [9.17, 15) is 29.0 Å². The van der Waals surface area contributed by atoms with Gasteiger partial charge in [-0.05, 0) is 42.0 Å². The summed E-state index contributed by atoms with van der Waals surface area (Å²) in [6, 6.07) is 9.32. The van der Waals surface area contributed by atoms with Crippen LogP contribution in [0.5, 0.6) is 5.75 Å². The fraction of sp³-hybridized carbons (Fsp3) is 0.100. The number of carboxylic acid groups (broad SMARTS) is 1. The second kappa shape index (κ2) is 9.06. The summed E-state index contributed by atoms with van der Waals surface area (Å²) < 4.78 is 13.6. The standard InChI is InChI=1S/C20H15FN2O5S2/c21-12-3-1-2-11(8-12)9-16-18(26)23(20(29)30-16)7-6-17(25)22-15-5-4-13(24)10-14(15)19(27)28/h1-5,8-10,24H,6-7H2,(H,22,25)(H,27,28). The molecule has 1 saturated heterocycles. The Morgan fingerprint density at radius 2 is 2.00 bits per heavy atom. The van der Waals surface area contributed by atoms with Crippen LogP contribution >= 0.6 is 24.0 Å². The Balaban J connectivity index is 1.65. The number of rotatable bonds is 6. The third-order valence-electron chi connectivity index (χ3n) is 4.09. The molecular weight excluding hydrogens is 431 g/mol. The van der Waals surface area contributed by atoms with Crippen molar-refractivity contribution in [2.75, 3.05) is 11.9 Å². The van der Waals surface area contributed by atoms with E-state index in [1.807, 2.05) is 0 Å². The molecule has 0 atom stereocenters. The van der Waals surface area contributed by atoms with Gasteiger partial charge in [0, 0.05) is 13.0 Å². The summed E-state index contributed by atoms with van der Waals surface area (Å²) in [7, 11) is 0. The van der Waals surface area contributed by atoms with E-state index < -0.39 is 23.6 Å². The van der Waals surface area contributed by atoms with E-state index in [0.29, 0.717) is 10.5 Å². The van der Waals surface area contributed by atoms with Crippen molar-refractivity contribution in [2.24, 2.45) is 0 Å². The number of halogens is 1. The number of phenolic OH excluding ortho intramolecular Hbond substituents is 1. The molecule has 0 bridgehead atoms. The largest absolute Gasteiger partial charge is 0.508 e. The maximum atomic E-state index is 13.3. The van der Waals surface area contributed by atoms with E-state index in [1.54, 1.807) is 6.07 Å². The summed E-state index contributed by atoms with van der Waals surface area (Å²) in [5.41, 5.74) is 0.287. The number of hydrogen-bond acceptors (Lipinski definition) is 6. The first-order chi connectivity index (χ1) is 14.2. The van der Waals surface area contributed by atoms with Gasteiger partial charge in [0.25, 0.3) is 5.91 Å². The third kappa shape index (κ3) is 5.02. The number of aromatic carboxylic acids is 1. The van der Waals surface area contributed by atoms with Crippen LogP contribution in [0.4, 0.5) is 10.1 Å². The van der Waals surface area contributed by atoms with Crippen LogP contribution in [0.1, 0.15) is 22.3 Å². The van der Waals surface area contributed by atoms with E-state index in [1.165, 1.54) is 41.3 Å². The number of hydrogen-bond donors (Lipinski definition) is 3. The minimum Gasteiger partial charge on any atom is -0.508 e. The molecule has 0 unspecified atom stereocenters. The maximum Gasteiger partial charge on any atom is 0.337 e. The van der Waals surface area contributed by atoms with Crippen molar-refractivity contribution < 1.29 is 29.0 Å². The summed E-state index contributed by atoms with van der Waals surface area (Å²) in [5.74, 6) is -2.89. The Morgan fingerprint density at radius 1 is 1.23 bits per heavy atom. The molecule has 2 aromatic rings. The molecule has 154 valence electrons. The second-order valence-corrected chi connectivity index (χ2v) is 7.90. The molecule has 0 saturated carbocycles. The van der Waals surface area contributed by atoms with E-state index in [0.717, 1.165) is 17.8 Å². The zero-order valence-corrected chi connectivity index (χ0v) is 16.9. The SMILES string of the molecule is O=C(CCN1C(=O)C(=Cc2cccc(F)c2)SC1=S)Nc1ccc(O)cc1C(=O)O. The molecule has 3 N–H and O–H groups in total. The summed E-state index contributed by atoms with van der Waals surface area (Å²) in [6.45, 7) is -0.00250. The molecular formula is C20H15FN2O5S2. The molecule has 0 aromatic heterocycles. The average molecular weight is 446 g/mol. The summed E-state index contributed by atoms with van der Waals surface area (Å²) in [4.78, 5) is 37.6. The molecule has 2 amide bonds. The van der Waals surface area contributed by atoms with Crippen molar-refractivity contribution >= 4 is 57.8 Å². The van der Waals surface area contributed by atoms with Crippen molar-refractivity contribution in [2.45, 2.75) is 6.42 Å². The second-order valence-electron chi connectivity index (χ2n) is 6.22. The number of amides is 2. The highest BCUT2D eigenvalue weighted by atomic mass is 32.2. The highest BCUT2D eigenvalue weighted by Crippen LogP contribution is 2.32. The molecule has 0 radical (unpaired) electrons. The number of nitrogens with zero attached hydrogens (tertiary/aromatic N) is 1. The molecule has 7 nitrogen and oxygen atoms in total. The van der Waals surface area contributed by atoms with Gasteiger partial charge in [0.1, 0.15) is 15.9 Å². The number of carboxylic acids is 1. The Bertz CT molecular complexity index is 1090. The van der Waals surface area contributed by atoms with Gasteiger partial charge in [-0.2, -0.15) is 0 Å². The van der Waals surface area contributed by atoms with E-state index in [4.69, 9.17) is 12.2 Å². The van der Waals surface area contributed by atoms with E-state index in [2.05, 4.69) is 5.32 Å². The molecule has 1 heterocycles. The van der Waals surface area contributed by atoms with Crippen LogP contribution in [0.2, 0.25) is 0 Å².